The molecule has 1 amide bonds. The second-order valence-electron chi connectivity index (χ2n) is 4.36. The average molecular weight is 259 g/mol. The smallest absolute Gasteiger partial charge is 0.251 e. The first-order chi connectivity index (χ1) is 9.29. The molecule has 0 aromatic heterocycles. The molecule has 1 N–H and O–H groups in total. The van der Waals surface area contributed by atoms with E-state index in [1.807, 2.05) is 0 Å². The Bertz CT molecular complexity index is 455. The number of carbonyl (C=O) groups is 1. The van der Waals surface area contributed by atoms with Gasteiger partial charge in [-0.1, -0.05) is 5.92 Å². The lowest BCUT2D eigenvalue weighted by Gasteiger charge is -2.11. The Kier molecular flexibility index (Phi) is 4.82. The molecular weight excluding hydrogens is 242 g/mol. The molecule has 4 heteroatoms. The van der Waals surface area contributed by atoms with Gasteiger partial charge in [0.05, 0.1) is 6.10 Å². The molecule has 1 saturated heterocycles. The molecule has 0 aliphatic carbocycles. The summed E-state index contributed by atoms with van der Waals surface area (Å²) >= 11 is 0. The first-order valence-electron chi connectivity index (χ1n) is 6.35. The van der Waals surface area contributed by atoms with Crippen molar-refractivity contribution in [2.75, 3.05) is 19.8 Å². The lowest BCUT2D eigenvalue weighted by Crippen LogP contribution is -2.31. The minimum atomic E-state index is -0.0981. The van der Waals surface area contributed by atoms with Crippen LogP contribution in [-0.4, -0.2) is 31.8 Å². The molecule has 0 unspecified atom stereocenters. The summed E-state index contributed by atoms with van der Waals surface area (Å²) < 4.78 is 10.7. The Morgan fingerprint density at radius 1 is 1.47 bits per heavy atom. The summed E-state index contributed by atoms with van der Waals surface area (Å²) in [5.74, 6) is 2.95. The predicted molar refractivity (Wildman–Crippen MR) is 72.1 cm³/mol. The van der Waals surface area contributed by atoms with Crippen LogP contribution in [0.5, 0.6) is 5.75 Å². The summed E-state index contributed by atoms with van der Waals surface area (Å²) in [6.45, 7) is 1.58. The van der Waals surface area contributed by atoms with Crippen LogP contribution in [0.3, 0.4) is 0 Å². The summed E-state index contributed by atoms with van der Waals surface area (Å²) in [5, 5.41) is 2.87. The van der Waals surface area contributed by atoms with Gasteiger partial charge in [0.1, 0.15) is 12.4 Å². The van der Waals surface area contributed by atoms with Gasteiger partial charge in [-0.2, -0.15) is 0 Å². The van der Waals surface area contributed by atoms with Crippen molar-refractivity contribution >= 4 is 5.91 Å². The normalized spacial score (nSPS) is 17.7. The monoisotopic (exact) mass is 259 g/mol. The second kappa shape index (κ2) is 6.81. The van der Waals surface area contributed by atoms with Gasteiger partial charge in [-0.15, -0.1) is 6.42 Å². The SMILES string of the molecule is C#CCOc1ccc(C(=O)NC[C@H]2CCCO2)cc1. The van der Waals surface area contributed by atoms with E-state index in [2.05, 4.69) is 11.2 Å². The lowest BCUT2D eigenvalue weighted by molar-refractivity contribution is 0.0858. The Morgan fingerprint density at radius 3 is 2.89 bits per heavy atom. The van der Waals surface area contributed by atoms with E-state index in [0.717, 1.165) is 19.4 Å². The highest BCUT2D eigenvalue weighted by atomic mass is 16.5. The number of ether oxygens (including phenoxy) is 2. The number of hydrogen-bond acceptors (Lipinski definition) is 3. The molecule has 1 aromatic rings. The number of rotatable bonds is 5. The van der Waals surface area contributed by atoms with Gasteiger partial charge in [0.2, 0.25) is 0 Å². The molecule has 4 nitrogen and oxygen atoms in total. The van der Waals surface area contributed by atoms with Crippen molar-refractivity contribution in [1.29, 1.82) is 0 Å². The molecule has 0 radical (unpaired) electrons. The quantitative estimate of drug-likeness (QED) is 0.817. The minimum absolute atomic E-state index is 0.0981. The van der Waals surface area contributed by atoms with Gasteiger partial charge in [0.25, 0.3) is 5.91 Å². The Labute approximate surface area is 113 Å². The summed E-state index contributed by atoms with van der Waals surface area (Å²) in [5.41, 5.74) is 0.603. The van der Waals surface area contributed by atoms with E-state index in [1.165, 1.54) is 0 Å². The molecule has 0 bridgehead atoms. The molecule has 0 spiro atoms. The van der Waals surface area contributed by atoms with Crippen LogP contribution in [0, 0.1) is 12.3 Å². The fraction of sp³-hybridized carbons (Fsp3) is 0.400. The molecule has 1 atom stereocenters. The highest BCUT2D eigenvalue weighted by Gasteiger charge is 2.16. The van der Waals surface area contributed by atoms with E-state index in [9.17, 15) is 4.79 Å². The molecule has 1 aliphatic heterocycles. The van der Waals surface area contributed by atoms with Crippen molar-refractivity contribution in [2.24, 2.45) is 0 Å². The van der Waals surface area contributed by atoms with Crippen LogP contribution in [0.25, 0.3) is 0 Å². The molecule has 0 saturated carbocycles. The van der Waals surface area contributed by atoms with E-state index >= 15 is 0 Å². The van der Waals surface area contributed by atoms with E-state index in [4.69, 9.17) is 15.9 Å². The molecule has 1 heterocycles. The zero-order chi connectivity index (χ0) is 13.5. The highest BCUT2D eigenvalue weighted by molar-refractivity contribution is 5.94. The van der Waals surface area contributed by atoms with Crippen molar-refractivity contribution < 1.29 is 14.3 Å². The summed E-state index contributed by atoms with van der Waals surface area (Å²) in [6.07, 6.45) is 7.34. The maximum atomic E-state index is 11.9. The summed E-state index contributed by atoms with van der Waals surface area (Å²) in [6, 6.07) is 6.91. The molecule has 1 aliphatic rings. The number of benzene rings is 1. The van der Waals surface area contributed by atoms with Gasteiger partial charge in [-0.3, -0.25) is 4.79 Å². The maximum Gasteiger partial charge on any atom is 0.251 e. The lowest BCUT2D eigenvalue weighted by atomic mass is 10.2. The van der Waals surface area contributed by atoms with Gasteiger partial charge in [-0.25, -0.2) is 0 Å². The van der Waals surface area contributed by atoms with Crippen molar-refractivity contribution in [3.63, 3.8) is 0 Å². The average Bonchev–Trinajstić information content (AvgIpc) is 2.96. The number of amides is 1. The molecule has 2 rings (SSSR count). The largest absolute Gasteiger partial charge is 0.481 e. The van der Waals surface area contributed by atoms with Crippen LogP contribution < -0.4 is 10.1 Å². The van der Waals surface area contributed by atoms with Crippen LogP contribution in [0.4, 0.5) is 0 Å². The number of terminal acetylenes is 1. The van der Waals surface area contributed by atoms with Crippen LogP contribution in [0.1, 0.15) is 23.2 Å². The van der Waals surface area contributed by atoms with Crippen LogP contribution in [0.15, 0.2) is 24.3 Å². The fourth-order valence-electron chi connectivity index (χ4n) is 1.94. The Hall–Kier alpha value is -1.99. The first-order valence-corrected chi connectivity index (χ1v) is 6.35. The van der Waals surface area contributed by atoms with Gasteiger partial charge in [0.15, 0.2) is 0 Å². The minimum Gasteiger partial charge on any atom is -0.481 e. The highest BCUT2D eigenvalue weighted by Crippen LogP contribution is 2.13. The molecule has 1 aromatic carbocycles. The number of nitrogens with one attached hydrogen (secondary N) is 1. The van der Waals surface area contributed by atoms with Crippen LogP contribution in [0.2, 0.25) is 0 Å². The Morgan fingerprint density at radius 2 is 2.26 bits per heavy atom. The van der Waals surface area contributed by atoms with Gasteiger partial charge in [-0.05, 0) is 37.1 Å². The second-order valence-corrected chi connectivity index (χ2v) is 4.36. The topological polar surface area (TPSA) is 47.6 Å². The van der Waals surface area contributed by atoms with Gasteiger partial charge in [0, 0.05) is 18.7 Å². The van der Waals surface area contributed by atoms with Gasteiger partial charge >= 0.3 is 0 Å². The molecule has 1 fully saturated rings. The zero-order valence-corrected chi connectivity index (χ0v) is 10.7. The number of hydrogen-bond donors (Lipinski definition) is 1. The third kappa shape index (κ3) is 4.01. The van der Waals surface area contributed by atoms with Crippen molar-refractivity contribution in [3.05, 3.63) is 29.8 Å². The van der Waals surface area contributed by atoms with E-state index < -0.39 is 0 Å². The van der Waals surface area contributed by atoms with E-state index in [-0.39, 0.29) is 18.6 Å². The van der Waals surface area contributed by atoms with E-state index in [1.54, 1.807) is 24.3 Å². The molecular formula is C15H17NO3. The predicted octanol–water partition coefficient (Wildman–Crippen LogP) is 1.61. The molecule has 100 valence electrons. The van der Waals surface area contributed by atoms with Crippen molar-refractivity contribution in [1.82, 2.24) is 5.32 Å². The van der Waals surface area contributed by atoms with E-state index in [0.29, 0.717) is 17.9 Å². The third-order valence-corrected chi connectivity index (χ3v) is 2.95. The Balaban J connectivity index is 1.83. The van der Waals surface area contributed by atoms with Gasteiger partial charge < -0.3 is 14.8 Å². The first kappa shape index (κ1) is 13.4. The third-order valence-electron chi connectivity index (χ3n) is 2.95. The van der Waals surface area contributed by atoms with Crippen molar-refractivity contribution in [3.8, 4) is 18.1 Å². The zero-order valence-electron chi connectivity index (χ0n) is 10.7. The van der Waals surface area contributed by atoms with Crippen LogP contribution in [-0.2, 0) is 4.74 Å². The van der Waals surface area contributed by atoms with Crippen molar-refractivity contribution in [2.45, 2.75) is 18.9 Å². The maximum absolute atomic E-state index is 11.9. The number of carbonyl (C=O) groups excluding carboxylic acids is 1. The van der Waals surface area contributed by atoms with Crippen LogP contribution >= 0.6 is 0 Å². The fourth-order valence-corrected chi connectivity index (χ4v) is 1.94. The summed E-state index contributed by atoms with van der Waals surface area (Å²) in [7, 11) is 0. The standard InChI is InChI=1S/C15H17NO3/c1-2-9-18-13-7-5-12(6-8-13)15(17)16-11-14-4-3-10-19-14/h1,5-8,14H,3-4,9-11H2,(H,16,17)/t14-/m1/s1. The summed E-state index contributed by atoms with van der Waals surface area (Å²) in [4.78, 5) is 11.9. The molecule has 19 heavy (non-hydrogen) atoms.